The molecule has 0 bridgehead atoms. The number of benzene rings is 1. The van der Waals surface area contributed by atoms with Gasteiger partial charge in [-0.15, -0.1) is 0 Å². The summed E-state index contributed by atoms with van der Waals surface area (Å²) >= 11 is 0. The SMILES string of the molecule is CCOC(=O)CCC(N=[N+]=[N-])c1ccc(N(C)C)cc1. The lowest BCUT2D eigenvalue weighted by molar-refractivity contribution is -0.143. The summed E-state index contributed by atoms with van der Waals surface area (Å²) in [6.07, 6.45) is 0.692. The lowest BCUT2D eigenvalue weighted by Crippen LogP contribution is -2.09. The van der Waals surface area contributed by atoms with Gasteiger partial charge in [-0.1, -0.05) is 17.2 Å². The molecule has 0 saturated heterocycles. The molecule has 0 N–H and O–H groups in total. The molecule has 0 aliphatic rings. The summed E-state index contributed by atoms with van der Waals surface area (Å²) in [6.45, 7) is 2.13. The van der Waals surface area contributed by atoms with Gasteiger partial charge in [-0.05, 0) is 36.6 Å². The number of anilines is 1. The van der Waals surface area contributed by atoms with E-state index in [4.69, 9.17) is 10.3 Å². The second-order valence-electron chi connectivity index (χ2n) is 4.55. The molecule has 6 heteroatoms. The molecule has 0 spiro atoms. The van der Waals surface area contributed by atoms with Gasteiger partial charge in [0.1, 0.15) is 0 Å². The highest BCUT2D eigenvalue weighted by molar-refractivity contribution is 5.69. The number of ether oxygens (including phenoxy) is 1. The van der Waals surface area contributed by atoms with Crippen LogP contribution in [0, 0.1) is 0 Å². The predicted octanol–water partition coefficient (Wildman–Crippen LogP) is 3.45. The van der Waals surface area contributed by atoms with Crippen molar-refractivity contribution in [3.05, 3.63) is 40.3 Å². The molecule has 0 heterocycles. The molecule has 0 aromatic heterocycles. The van der Waals surface area contributed by atoms with E-state index in [1.54, 1.807) is 6.92 Å². The van der Waals surface area contributed by atoms with E-state index >= 15 is 0 Å². The van der Waals surface area contributed by atoms with Gasteiger partial charge in [0.15, 0.2) is 0 Å². The van der Waals surface area contributed by atoms with E-state index in [-0.39, 0.29) is 18.4 Å². The molecule has 108 valence electrons. The number of hydrogen-bond donors (Lipinski definition) is 0. The molecular formula is C14H20N4O2. The second-order valence-corrected chi connectivity index (χ2v) is 4.55. The van der Waals surface area contributed by atoms with Crippen LogP contribution in [0.25, 0.3) is 10.4 Å². The molecule has 20 heavy (non-hydrogen) atoms. The van der Waals surface area contributed by atoms with Crippen molar-refractivity contribution in [2.45, 2.75) is 25.8 Å². The normalized spacial score (nSPS) is 11.3. The van der Waals surface area contributed by atoms with Crippen molar-refractivity contribution in [1.29, 1.82) is 0 Å². The Morgan fingerprint density at radius 3 is 2.55 bits per heavy atom. The smallest absolute Gasteiger partial charge is 0.305 e. The van der Waals surface area contributed by atoms with Crippen LogP contribution in [0.4, 0.5) is 5.69 Å². The summed E-state index contributed by atoms with van der Waals surface area (Å²) in [7, 11) is 3.92. The Hall–Kier alpha value is -2.20. The summed E-state index contributed by atoms with van der Waals surface area (Å²) in [6, 6.07) is 7.40. The molecule has 1 aromatic carbocycles. The average molecular weight is 276 g/mol. The minimum Gasteiger partial charge on any atom is -0.466 e. The fourth-order valence-electron chi connectivity index (χ4n) is 1.84. The van der Waals surface area contributed by atoms with E-state index in [0.29, 0.717) is 13.0 Å². The first kappa shape index (κ1) is 15.9. The maximum atomic E-state index is 11.4. The van der Waals surface area contributed by atoms with Gasteiger partial charge in [-0.25, -0.2) is 0 Å². The lowest BCUT2D eigenvalue weighted by atomic mass is 10.0. The third kappa shape index (κ3) is 4.82. The highest BCUT2D eigenvalue weighted by Crippen LogP contribution is 2.25. The van der Waals surface area contributed by atoms with E-state index in [2.05, 4.69) is 10.0 Å². The molecule has 6 nitrogen and oxygen atoms in total. The maximum absolute atomic E-state index is 11.4. The van der Waals surface area contributed by atoms with Crippen molar-refractivity contribution in [2.75, 3.05) is 25.6 Å². The van der Waals surface area contributed by atoms with Gasteiger partial charge in [0.2, 0.25) is 0 Å². The fourth-order valence-corrected chi connectivity index (χ4v) is 1.84. The van der Waals surface area contributed by atoms with Crippen LogP contribution in [0.1, 0.15) is 31.4 Å². The third-order valence-corrected chi connectivity index (χ3v) is 2.91. The van der Waals surface area contributed by atoms with Crippen LogP contribution in [-0.2, 0) is 9.53 Å². The number of azide groups is 1. The topological polar surface area (TPSA) is 78.3 Å². The molecule has 1 unspecified atom stereocenters. The summed E-state index contributed by atoms with van der Waals surface area (Å²) in [5.74, 6) is -0.268. The fraction of sp³-hybridized carbons (Fsp3) is 0.500. The molecular weight excluding hydrogens is 256 g/mol. The van der Waals surface area contributed by atoms with Crippen LogP contribution in [0.5, 0.6) is 0 Å². The summed E-state index contributed by atoms with van der Waals surface area (Å²) in [4.78, 5) is 16.2. The molecule has 0 radical (unpaired) electrons. The molecule has 1 aromatic rings. The third-order valence-electron chi connectivity index (χ3n) is 2.91. The monoisotopic (exact) mass is 276 g/mol. The number of carbonyl (C=O) groups excluding carboxylic acids is 1. The Kier molecular flexibility index (Phi) is 6.40. The Balaban J connectivity index is 2.75. The quantitative estimate of drug-likeness (QED) is 0.331. The van der Waals surface area contributed by atoms with Crippen LogP contribution < -0.4 is 4.90 Å². The van der Waals surface area contributed by atoms with Gasteiger partial charge in [-0.2, -0.15) is 0 Å². The molecule has 1 rings (SSSR count). The minimum atomic E-state index is -0.347. The molecule has 0 saturated carbocycles. The van der Waals surface area contributed by atoms with Crippen LogP contribution >= 0.6 is 0 Å². The van der Waals surface area contributed by atoms with Crippen molar-refractivity contribution < 1.29 is 9.53 Å². The van der Waals surface area contributed by atoms with Gasteiger partial charge in [0, 0.05) is 31.1 Å². The van der Waals surface area contributed by atoms with Crippen LogP contribution in [-0.4, -0.2) is 26.7 Å². The van der Waals surface area contributed by atoms with Crippen molar-refractivity contribution in [3.8, 4) is 0 Å². The molecule has 0 aliphatic carbocycles. The molecule has 1 atom stereocenters. The van der Waals surface area contributed by atoms with Gasteiger partial charge in [-0.3, -0.25) is 4.79 Å². The van der Waals surface area contributed by atoms with E-state index in [1.807, 2.05) is 43.3 Å². The summed E-state index contributed by atoms with van der Waals surface area (Å²) < 4.78 is 4.88. The van der Waals surface area contributed by atoms with Gasteiger partial charge < -0.3 is 9.64 Å². The van der Waals surface area contributed by atoms with Gasteiger partial charge in [0.05, 0.1) is 12.6 Å². The zero-order valence-corrected chi connectivity index (χ0v) is 12.1. The van der Waals surface area contributed by atoms with Crippen LogP contribution in [0.3, 0.4) is 0 Å². The van der Waals surface area contributed by atoms with E-state index < -0.39 is 0 Å². The first-order valence-corrected chi connectivity index (χ1v) is 6.55. The first-order chi connectivity index (χ1) is 9.58. The van der Waals surface area contributed by atoms with E-state index in [1.165, 1.54) is 0 Å². The second kappa shape index (κ2) is 8.07. The summed E-state index contributed by atoms with van der Waals surface area (Å²) in [5.41, 5.74) is 10.6. The predicted molar refractivity (Wildman–Crippen MR) is 78.5 cm³/mol. The summed E-state index contributed by atoms with van der Waals surface area (Å²) in [5, 5.41) is 3.76. The Labute approximate surface area is 119 Å². The molecule has 0 amide bonds. The Morgan fingerprint density at radius 1 is 1.40 bits per heavy atom. The molecule has 0 fully saturated rings. The van der Waals surface area contributed by atoms with Gasteiger partial charge in [0.25, 0.3) is 0 Å². The maximum Gasteiger partial charge on any atom is 0.305 e. The number of carbonyl (C=O) groups is 1. The standard InChI is InChI=1S/C14H20N4O2/c1-4-20-14(19)10-9-13(16-17-15)11-5-7-12(8-6-11)18(2)3/h5-8,13H,4,9-10H2,1-3H3. The number of rotatable bonds is 7. The van der Waals surface area contributed by atoms with Crippen LogP contribution in [0.2, 0.25) is 0 Å². The minimum absolute atomic E-state index is 0.243. The number of hydrogen-bond acceptors (Lipinski definition) is 4. The van der Waals surface area contributed by atoms with Crippen molar-refractivity contribution in [1.82, 2.24) is 0 Å². The van der Waals surface area contributed by atoms with E-state index in [0.717, 1.165) is 11.3 Å². The van der Waals surface area contributed by atoms with Gasteiger partial charge >= 0.3 is 5.97 Å². The lowest BCUT2D eigenvalue weighted by Gasteiger charge is -2.15. The van der Waals surface area contributed by atoms with Crippen molar-refractivity contribution >= 4 is 11.7 Å². The number of esters is 1. The highest BCUT2D eigenvalue weighted by Gasteiger charge is 2.13. The Morgan fingerprint density at radius 2 is 2.05 bits per heavy atom. The number of nitrogens with zero attached hydrogens (tertiary/aromatic N) is 4. The molecule has 0 aliphatic heterocycles. The van der Waals surface area contributed by atoms with Crippen LogP contribution in [0.15, 0.2) is 29.4 Å². The average Bonchev–Trinajstić information content (AvgIpc) is 2.44. The van der Waals surface area contributed by atoms with Crippen molar-refractivity contribution in [2.24, 2.45) is 5.11 Å². The zero-order chi connectivity index (χ0) is 15.0. The van der Waals surface area contributed by atoms with E-state index in [9.17, 15) is 4.79 Å². The largest absolute Gasteiger partial charge is 0.466 e. The first-order valence-electron chi connectivity index (χ1n) is 6.55. The Bertz CT molecular complexity index is 478. The zero-order valence-electron chi connectivity index (χ0n) is 12.1. The van der Waals surface area contributed by atoms with Crippen molar-refractivity contribution in [3.63, 3.8) is 0 Å². The highest BCUT2D eigenvalue weighted by atomic mass is 16.5.